The van der Waals surface area contributed by atoms with Gasteiger partial charge >= 0.3 is 6.09 Å². The summed E-state index contributed by atoms with van der Waals surface area (Å²) in [6.07, 6.45) is 0.770. The molecule has 2 aliphatic rings. The molecule has 2 N–H and O–H groups in total. The summed E-state index contributed by atoms with van der Waals surface area (Å²) >= 11 is 0. The van der Waals surface area contributed by atoms with Crippen LogP contribution in [0.25, 0.3) is 0 Å². The topological polar surface area (TPSA) is 52.3 Å². The minimum absolute atomic E-state index is 0.0342. The van der Waals surface area contributed by atoms with Crippen LogP contribution < -0.4 is 5.73 Å². The highest BCUT2D eigenvalue weighted by atomic mass is 19.3. The molecule has 3 atom stereocenters. The molecule has 1 amide bonds. The van der Waals surface area contributed by atoms with E-state index in [2.05, 4.69) is 0 Å². The lowest BCUT2D eigenvalue weighted by Gasteiger charge is -2.30. The number of fused-ring (bicyclic) bond motifs is 1. The van der Waals surface area contributed by atoms with Crippen LogP contribution in [-0.4, -0.2) is 17.6 Å². The van der Waals surface area contributed by atoms with Crippen LogP contribution in [0, 0.1) is 11.8 Å². The molecule has 0 bridgehead atoms. The number of ether oxygens (including phenoxy) is 1. The van der Waals surface area contributed by atoms with Gasteiger partial charge in [0.25, 0.3) is 0 Å². The lowest BCUT2D eigenvalue weighted by molar-refractivity contribution is -0.0637. The molecule has 92 valence electrons. The third-order valence-corrected chi connectivity index (χ3v) is 3.84. The second-order valence-corrected chi connectivity index (χ2v) is 5.40. The molecule has 5 heteroatoms. The van der Waals surface area contributed by atoms with Crippen LogP contribution in [0.5, 0.6) is 0 Å². The molecule has 0 saturated heterocycles. The summed E-state index contributed by atoms with van der Waals surface area (Å²) in [6, 6.07) is 0. The van der Waals surface area contributed by atoms with Crippen LogP contribution in [-0.2, 0) is 4.74 Å². The van der Waals surface area contributed by atoms with E-state index in [1.807, 2.05) is 0 Å². The van der Waals surface area contributed by atoms with E-state index < -0.39 is 17.6 Å². The average Bonchev–Trinajstić information content (AvgIpc) is 2.36. The van der Waals surface area contributed by atoms with Gasteiger partial charge in [0.2, 0.25) is 5.92 Å². The number of hydrogen-bond acceptors (Lipinski definition) is 2. The van der Waals surface area contributed by atoms with E-state index in [1.165, 1.54) is 0 Å². The zero-order valence-corrected chi connectivity index (χ0v) is 9.34. The van der Waals surface area contributed by atoms with Gasteiger partial charge in [-0.2, -0.15) is 0 Å². The summed E-state index contributed by atoms with van der Waals surface area (Å²) in [7, 11) is 0. The lowest BCUT2D eigenvalue weighted by atomic mass is 9.80. The molecule has 2 saturated carbocycles. The fraction of sp³-hybridized carbons (Fsp3) is 0.909. The summed E-state index contributed by atoms with van der Waals surface area (Å²) in [6.45, 7) is 1.79. The summed E-state index contributed by atoms with van der Waals surface area (Å²) < 4.78 is 31.5. The number of halogens is 2. The van der Waals surface area contributed by atoms with Gasteiger partial charge in [-0.25, -0.2) is 13.6 Å². The fourth-order valence-corrected chi connectivity index (χ4v) is 3.31. The first-order valence-corrected chi connectivity index (χ1v) is 5.66. The zero-order valence-electron chi connectivity index (χ0n) is 9.34. The third kappa shape index (κ3) is 2.28. The fourth-order valence-electron chi connectivity index (χ4n) is 3.31. The minimum Gasteiger partial charge on any atom is -0.443 e. The minimum atomic E-state index is -2.54. The van der Waals surface area contributed by atoms with Crippen LogP contribution in [0.15, 0.2) is 0 Å². The molecule has 16 heavy (non-hydrogen) atoms. The van der Waals surface area contributed by atoms with E-state index in [0.29, 0.717) is 19.3 Å². The van der Waals surface area contributed by atoms with Gasteiger partial charge in [-0.05, 0) is 38.0 Å². The largest absolute Gasteiger partial charge is 0.443 e. The Kier molecular flexibility index (Phi) is 2.59. The summed E-state index contributed by atoms with van der Waals surface area (Å²) in [5.41, 5.74) is 4.35. The number of carbonyl (C=O) groups is 1. The summed E-state index contributed by atoms with van der Waals surface area (Å²) in [4.78, 5) is 10.7. The van der Waals surface area contributed by atoms with Crippen molar-refractivity contribution in [2.45, 2.75) is 50.6 Å². The highest BCUT2D eigenvalue weighted by Crippen LogP contribution is 2.52. The Balaban J connectivity index is 2.03. The molecule has 0 heterocycles. The number of rotatable bonds is 1. The highest BCUT2D eigenvalue weighted by Gasteiger charge is 2.51. The van der Waals surface area contributed by atoms with Crippen LogP contribution in [0.4, 0.5) is 13.6 Å². The van der Waals surface area contributed by atoms with Crippen molar-refractivity contribution in [1.82, 2.24) is 0 Å². The van der Waals surface area contributed by atoms with Gasteiger partial charge in [-0.15, -0.1) is 0 Å². The molecule has 0 aromatic carbocycles. The maximum atomic E-state index is 13.2. The van der Waals surface area contributed by atoms with Crippen molar-refractivity contribution in [2.24, 2.45) is 17.6 Å². The third-order valence-electron chi connectivity index (χ3n) is 3.84. The van der Waals surface area contributed by atoms with Crippen molar-refractivity contribution < 1.29 is 18.3 Å². The van der Waals surface area contributed by atoms with E-state index in [9.17, 15) is 13.6 Å². The summed E-state index contributed by atoms with van der Waals surface area (Å²) in [5, 5.41) is 0. The molecule has 0 aromatic rings. The highest BCUT2D eigenvalue weighted by molar-refractivity contribution is 5.65. The molecule has 2 rings (SSSR count). The predicted octanol–water partition coefficient (Wildman–Crippen LogP) is 2.69. The molecule has 0 aliphatic heterocycles. The van der Waals surface area contributed by atoms with Crippen LogP contribution in [0.1, 0.15) is 39.0 Å². The van der Waals surface area contributed by atoms with Gasteiger partial charge in [-0.3, -0.25) is 0 Å². The first kappa shape index (κ1) is 11.6. The first-order chi connectivity index (χ1) is 7.30. The number of hydrogen-bond donors (Lipinski definition) is 1. The van der Waals surface area contributed by atoms with Crippen molar-refractivity contribution in [3.05, 3.63) is 0 Å². The molecular weight excluding hydrogens is 216 g/mol. The molecule has 0 radical (unpaired) electrons. The smallest absolute Gasteiger partial charge is 0.405 e. The molecule has 2 fully saturated rings. The van der Waals surface area contributed by atoms with Gasteiger partial charge in [0.05, 0.1) is 0 Å². The Morgan fingerprint density at radius 3 is 2.56 bits per heavy atom. The lowest BCUT2D eigenvalue weighted by Crippen LogP contribution is -2.32. The van der Waals surface area contributed by atoms with Crippen molar-refractivity contribution >= 4 is 6.09 Å². The van der Waals surface area contributed by atoms with Crippen LogP contribution >= 0.6 is 0 Å². The van der Waals surface area contributed by atoms with Gasteiger partial charge in [0, 0.05) is 12.8 Å². The zero-order chi connectivity index (χ0) is 12.0. The van der Waals surface area contributed by atoms with E-state index in [0.717, 1.165) is 0 Å². The van der Waals surface area contributed by atoms with Crippen LogP contribution in [0.2, 0.25) is 0 Å². The SMILES string of the molecule is C[C@@]1(OC(N)=O)CC2CCC(F)(F)CC2C1. The second-order valence-electron chi connectivity index (χ2n) is 5.40. The summed E-state index contributed by atoms with van der Waals surface area (Å²) in [5.74, 6) is -2.32. The van der Waals surface area contributed by atoms with E-state index >= 15 is 0 Å². The standard InChI is InChI=1S/C11H17F2NO2/c1-10(16-9(14)15)4-7-2-3-11(12,13)6-8(7)5-10/h7-8H,2-6H2,1H3,(H2,14,15)/t7?,8?,10-/m1/s1. The second kappa shape index (κ2) is 3.57. The Labute approximate surface area is 93.3 Å². The number of amides is 1. The number of primary amides is 1. The van der Waals surface area contributed by atoms with Gasteiger partial charge in [-0.1, -0.05) is 0 Å². The molecular formula is C11H17F2NO2. The average molecular weight is 233 g/mol. The Bertz CT molecular complexity index is 308. The maximum Gasteiger partial charge on any atom is 0.405 e. The molecule has 0 spiro atoms. The van der Waals surface area contributed by atoms with Crippen LogP contribution in [0.3, 0.4) is 0 Å². The maximum absolute atomic E-state index is 13.2. The quantitative estimate of drug-likeness (QED) is 0.757. The van der Waals surface area contributed by atoms with Crippen molar-refractivity contribution in [3.8, 4) is 0 Å². The Morgan fingerprint density at radius 2 is 1.94 bits per heavy atom. The molecule has 0 aromatic heterocycles. The van der Waals surface area contributed by atoms with Crippen molar-refractivity contribution in [3.63, 3.8) is 0 Å². The molecule has 3 nitrogen and oxygen atoms in total. The van der Waals surface area contributed by atoms with Gasteiger partial charge < -0.3 is 10.5 Å². The normalized spacial score (nSPS) is 41.4. The molecule has 2 unspecified atom stereocenters. The molecule has 2 aliphatic carbocycles. The predicted molar refractivity (Wildman–Crippen MR) is 54.1 cm³/mol. The van der Waals surface area contributed by atoms with E-state index in [4.69, 9.17) is 10.5 Å². The first-order valence-electron chi connectivity index (χ1n) is 5.66. The number of alkyl halides is 2. The number of nitrogens with two attached hydrogens (primary N) is 1. The van der Waals surface area contributed by atoms with Gasteiger partial charge in [0.15, 0.2) is 0 Å². The van der Waals surface area contributed by atoms with E-state index in [1.54, 1.807) is 6.92 Å². The monoisotopic (exact) mass is 233 g/mol. The Hall–Kier alpha value is -0.870. The van der Waals surface area contributed by atoms with Gasteiger partial charge in [0.1, 0.15) is 5.60 Å². The van der Waals surface area contributed by atoms with Crippen molar-refractivity contribution in [1.29, 1.82) is 0 Å². The van der Waals surface area contributed by atoms with E-state index in [-0.39, 0.29) is 24.7 Å². The number of carbonyl (C=O) groups excluding carboxylic acids is 1. The van der Waals surface area contributed by atoms with Crippen molar-refractivity contribution in [2.75, 3.05) is 0 Å². The Morgan fingerprint density at radius 1 is 1.31 bits per heavy atom.